The molecule has 2 heteroatoms. The first-order chi connectivity index (χ1) is 13.8. The molecule has 0 saturated heterocycles. The van der Waals surface area contributed by atoms with Crippen LogP contribution in [0.2, 0.25) is 0 Å². The zero-order valence-corrected chi connectivity index (χ0v) is 16.4. The fourth-order valence-corrected chi connectivity index (χ4v) is 3.08. The fourth-order valence-electron chi connectivity index (χ4n) is 3.08. The van der Waals surface area contributed by atoms with Gasteiger partial charge in [0.05, 0.1) is 0 Å². The summed E-state index contributed by atoms with van der Waals surface area (Å²) in [6, 6.07) is 37.4. The first-order valence-electron chi connectivity index (χ1n) is 9.67. The van der Waals surface area contributed by atoms with Crippen LogP contribution in [0.3, 0.4) is 0 Å². The molecule has 0 aromatic heterocycles. The minimum absolute atomic E-state index is 0.782. The summed E-state index contributed by atoms with van der Waals surface area (Å²) in [5.41, 5.74) is 12.3. The zero-order chi connectivity index (χ0) is 19.8. The smallest absolute Gasteiger partial charge is 0.0462 e. The normalized spacial score (nSPS) is 9.93. The van der Waals surface area contributed by atoms with Gasteiger partial charge < -0.3 is 10.6 Å². The molecule has 0 aliphatic rings. The van der Waals surface area contributed by atoms with E-state index < -0.39 is 0 Å². The maximum absolute atomic E-state index is 5.79. The Balaban J connectivity index is 0.00000109. The number of nitrogens with zero attached hydrogens (tertiary/aromatic N) is 1. The van der Waals surface area contributed by atoms with Crippen molar-refractivity contribution in [1.29, 1.82) is 0 Å². The standard InChI is InChI=1S/C24H20N2.C2H6/c25-21-15-11-19(12-16-21)20-13-17-24(18-14-20)26(22-7-3-1-4-8-22)23-9-5-2-6-10-23;1-2/h1-18H,25H2;1-2H3. The number of nitrogen functional groups attached to an aromatic ring is 1. The summed E-state index contributed by atoms with van der Waals surface area (Å²) in [4.78, 5) is 2.26. The molecule has 140 valence electrons. The Morgan fingerprint density at radius 3 is 1.25 bits per heavy atom. The van der Waals surface area contributed by atoms with Crippen LogP contribution in [0.1, 0.15) is 13.8 Å². The maximum Gasteiger partial charge on any atom is 0.0462 e. The number of anilines is 4. The molecule has 4 rings (SSSR count). The lowest BCUT2D eigenvalue weighted by atomic mass is 10.0. The molecule has 0 unspecified atom stereocenters. The Morgan fingerprint density at radius 1 is 0.464 bits per heavy atom. The van der Waals surface area contributed by atoms with Gasteiger partial charge in [-0.3, -0.25) is 0 Å². The van der Waals surface area contributed by atoms with Crippen molar-refractivity contribution in [3.05, 3.63) is 109 Å². The summed E-state index contributed by atoms with van der Waals surface area (Å²) in [6.45, 7) is 4.00. The van der Waals surface area contributed by atoms with E-state index in [9.17, 15) is 0 Å². The molecular formula is C26H26N2. The summed E-state index contributed by atoms with van der Waals surface area (Å²) in [6.07, 6.45) is 0. The second-order valence-corrected chi connectivity index (χ2v) is 6.18. The Bertz CT molecular complexity index is 921. The van der Waals surface area contributed by atoms with Crippen LogP contribution in [0.25, 0.3) is 11.1 Å². The van der Waals surface area contributed by atoms with Crippen molar-refractivity contribution in [2.24, 2.45) is 0 Å². The molecule has 0 fully saturated rings. The highest BCUT2D eigenvalue weighted by molar-refractivity contribution is 5.78. The van der Waals surface area contributed by atoms with Crippen molar-refractivity contribution < 1.29 is 0 Å². The Labute approximate surface area is 167 Å². The first kappa shape index (κ1) is 19.2. The van der Waals surface area contributed by atoms with Crippen LogP contribution < -0.4 is 10.6 Å². The summed E-state index contributed by atoms with van der Waals surface area (Å²) in [5.74, 6) is 0. The van der Waals surface area contributed by atoms with Gasteiger partial charge in [0.15, 0.2) is 0 Å². The lowest BCUT2D eigenvalue weighted by molar-refractivity contribution is 1.28. The van der Waals surface area contributed by atoms with Crippen LogP contribution in [0, 0.1) is 0 Å². The van der Waals surface area contributed by atoms with E-state index in [0.717, 1.165) is 28.3 Å². The summed E-state index contributed by atoms with van der Waals surface area (Å²) in [7, 11) is 0. The molecule has 28 heavy (non-hydrogen) atoms. The van der Waals surface area contributed by atoms with Crippen molar-refractivity contribution in [2.45, 2.75) is 13.8 Å². The van der Waals surface area contributed by atoms with Gasteiger partial charge in [-0.15, -0.1) is 0 Å². The number of hydrogen-bond donors (Lipinski definition) is 1. The van der Waals surface area contributed by atoms with Crippen LogP contribution in [-0.4, -0.2) is 0 Å². The molecule has 0 amide bonds. The molecule has 0 aliphatic heterocycles. The maximum atomic E-state index is 5.79. The molecule has 4 aromatic carbocycles. The van der Waals surface area contributed by atoms with Crippen LogP contribution >= 0.6 is 0 Å². The van der Waals surface area contributed by atoms with Gasteiger partial charge in [0.1, 0.15) is 0 Å². The largest absolute Gasteiger partial charge is 0.399 e. The average molecular weight is 367 g/mol. The quantitative estimate of drug-likeness (QED) is 0.380. The van der Waals surface area contributed by atoms with E-state index in [1.54, 1.807) is 0 Å². The highest BCUT2D eigenvalue weighted by Crippen LogP contribution is 2.35. The van der Waals surface area contributed by atoms with E-state index in [1.807, 2.05) is 38.1 Å². The van der Waals surface area contributed by atoms with Gasteiger partial charge in [-0.05, 0) is 59.7 Å². The monoisotopic (exact) mass is 366 g/mol. The van der Waals surface area contributed by atoms with Crippen LogP contribution in [0.15, 0.2) is 109 Å². The van der Waals surface area contributed by atoms with Gasteiger partial charge in [-0.2, -0.15) is 0 Å². The third kappa shape index (κ3) is 4.41. The molecule has 0 spiro atoms. The Kier molecular flexibility index (Phi) is 6.48. The number of para-hydroxylation sites is 2. The predicted octanol–water partition coefficient (Wildman–Crippen LogP) is 7.43. The minimum Gasteiger partial charge on any atom is -0.399 e. The lowest BCUT2D eigenvalue weighted by Crippen LogP contribution is -2.09. The van der Waals surface area contributed by atoms with Crippen LogP contribution in [0.4, 0.5) is 22.7 Å². The van der Waals surface area contributed by atoms with Gasteiger partial charge in [0.2, 0.25) is 0 Å². The Morgan fingerprint density at radius 2 is 0.821 bits per heavy atom. The van der Waals surface area contributed by atoms with Crippen molar-refractivity contribution in [2.75, 3.05) is 10.6 Å². The van der Waals surface area contributed by atoms with Gasteiger partial charge in [0.25, 0.3) is 0 Å². The average Bonchev–Trinajstić information content (AvgIpc) is 2.78. The molecule has 2 nitrogen and oxygen atoms in total. The topological polar surface area (TPSA) is 29.3 Å². The molecule has 0 aliphatic carbocycles. The van der Waals surface area contributed by atoms with Crippen molar-refractivity contribution in [3.63, 3.8) is 0 Å². The molecule has 0 radical (unpaired) electrons. The molecular weight excluding hydrogens is 340 g/mol. The number of nitrogens with two attached hydrogens (primary N) is 1. The van der Waals surface area contributed by atoms with Crippen LogP contribution in [0.5, 0.6) is 0 Å². The van der Waals surface area contributed by atoms with Crippen molar-refractivity contribution in [3.8, 4) is 11.1 Å². The zero-order valence-electron chi connectivity index (χ0n) is 16.4. The summed E-state index contributed by atoms with van der Waals surface area (Å²) in [5, 5.41) is 0. The van der Waals surface area contributed by atoms with Gasteiger partial charge >= 0.3 is 0 Å². The third-order valence-electron chi connectivity index (χ3n) is 4.40. The number of hydrogen-bond acceptors (Lipinski definition) is 2. The molecule has 0 heterocycles. The molecule has 2 N–H and O–H groups in total. The van der Waals surface area contributed by atoms with E-state index in [-0.39, 0.29) is 0 Å². The SMILES string of the molecule is CC.Nc1ccc(-c2ccc(N(c3ccccc3)c3ccccc3)cc2)cc1. The van der Waals surface area contributed by atoms with E-state index >= 15 is 0 Å². The molecule has 0 bridgehead atoms. The van der Waals surface area contributed by atoms with E-state index in [4.69, 9.17) is 5.73 Å². The minimum atomic E-state index is 0.782. The predicted molar refractivity (Wildman–Crippen MR) is 122 cm³/mol. The number of rotatable bonds is 4. The van der Waals surface area contributed by atoms with E-state index in [1.165, 1.54) is 5.56 Å². The fraction of sp³-hybridized carbons (Fsp3) is 0.0769. The van der Waals surface area contributed by atoms with E-state index in [2.05, 4.69) is 89.8 Å². The summed E-state index contributed by atoms with van der Waals surface area (Å²) >= 11 is 0. The van der Waals surface area contributed by atoms with E-state index in [0.29, 0.717) is 0 Å². The lowest BCUT2D eigenvalue weighted by Gasteiger charge is -2.25. The number of benzene rings is 4. The molecule has 0 atom stereocenters. The van der Waals surface area contributed by atoms with Gasteiger partial charge in [-0.1, -0.05) is 74.5 Å². The molecule has 0 saturated carbocycles. The summed E-state index contributed by atoms with van der Waals surface area (Å²) < 4.78 is 0. The molecule has 4 aromatic rings. The Hall–Kier alpha value is -3.52. The second kappa shape index (κ2) is 9.43. The second-order valence-electron chi connectivity index (χ2n) is 6.18. The first-order valence-corrected chi connectivity index (χ1v) is 9.67. The highest BCUT2D eigenvalue weighted by atomic mass is 15.1. The van der Waals surface area contributed by atoms with Gasteiger partial charge in [0, 0.05) is 22.7 Å². The van der Waals surface area contributed by atoms with Crippen molar-refractivity contribution >= 4 is 22.7 Å². The van der Waals surface area contributed by atoms with Crippen LogP contribution in [-0.2, 0) is 0 Å². The van der Waals surface area contributed by atoms with Crippen molar-refractivity contribution in [1.82, 2.24) is 0 Å². The highest BCUT2D eigenvalue weighted by Gasteiger charge is 2.11. The van der Waals surface area contributed by atoms with Gasteiger partial charge in [-0.25, -0.2) is 0 Å². The third-order valence-corrected chi connectivity index (χ3v) is 4.40.